The Hall–Kier alpha value is -1.15. The van der Waals surface area contributed by atoms with Gasteiger partial charge in [-0.05, 0) is 72.3 Å². The van der Waals surface area contributed by atoms with E-state index in [2.05, 4.69) is 36.8 Å². The molecule has 0 bridgehead atoms. The van der Waals surface area contributed by atoms with Crippen LogP contribution in [0.2, 0.25) is 0 Å². The second kappa shape index (κ2) is 7.23. The molecule has 0 aliphatic heterocycles. The minimum atomic E-state index is -3.69. The Balaban J connectivity index is 2.21. The van der Waals surface area contributed by atoms with Crippen LogP contribution in [0.3, 0.4) is 0 Å². The summed E-state index contributed by atoms with van der Waals surface area (Å²) < 4.78 is 29.3. The lowest BCUT2D eigenvalue weighted by molar-refractivity contribution is 0.414. The lowest BCUT2D eigenvalue weighted by Gasteiger charge is -2.09. The first-order valence-corrected chi connectivity index (χ1v) is 10.8. The van der Waals surface area contributed by atoms with Gasteiger partial charge < -0.3 is 4.90 Å². The molecule has 1 aromatic heterocycles. The van der Waals surface area contributed by atoms with Crippen molar-refractivity contribution >= 4 is 52.8 Å². The maximum Gasteiger partial charge on any atom is 0.269 e. The van der Waals surface area contributed by atoms with Crippen molar-refractivity contribution < 1.29 is 8.42 Å². The molecule has 0 spiro atoms. The Morgan fingerprint density at radius 2 is 1.80 bits per heavy atom. The molecule has 3 aromatic rings. The van der Waals surface area contributed by atoms with E-state index >= 15 is 0 Å². The third-order valence-electron chi connectivity index (χ3n) is 4.02. The Bertz CT molecular complexity index is 1030. The number of nitrogens with zero attached hydrogens (tertiary/aromatic N) is 2. The van der Waals surface area contributed by atoms with Crippen molar-refractivity contribution in [2.45, 2.75) is 11.3 Å². The van der Waals surface area contributed by atoms with Crippen LogP contribution in [0.4, 0.5) is 0 Å². The maximum absolute atomic E-state index is 13.2. The Morgan fingerprint density at radius 1 is 1.08 bits per heavy atom. The predicted molar refractivity (Wildman–Crippen MR) is 109 cm³/mol. The van der Waals surface area contributed by atoms with E-state index in [0.29, 0.717) is 9.99 Å². The van der Waals surface area contributed by atoms with Crippen molar-refractivity contribution in [1.82, 2.24) is 8.87 Å². The lowest BCUT2D eigenvalue weighted by atomic mass is 10.1. The normalized spacial score (nSPS) is 12.2. The van der Waals surface area contributed by atoms with Crippen LogP contribution in [0.5, 0.6) is 0 Å². The second-order valence-electron chi connectivity index (χ2n) is 6.10. The fourth-order valence-electron chi connectivity index (χ4n) is 2.74. The summed E-state index contributed by atoms with van der Waals surface area (Å²) in [5.41, 5.74) is 1.70. The lowest BCUT2D eigenvalue weighted by Crippen LogP contribution is -2.15. The van der Waals surface area contributed by atoms with Crippen molar-refractivity contribution in [3.63, 3.8) is 0 Å². The zero-order valence-electron chi connectivity index (χ0n) is 13.9. The fraction of sp³-hybridized carbons (Fsp3) is 0.222. The summed E-state index contributed by atoms with van der Waals surface area (Å²) in [7, 11) is 0.328. The molecule has 0 radical (unpaired) electrons. The molecular formula is C18H18Br2N2O2S. The number of hydrogen-bond donors (Lipinski definition) is 0. The molecule has 2 aromatic carbocycles. The SMILES string of the molecule is CN(C)CCc1cn(S(=O)(=O)c2ccccc2Br)c2ccc(Br)cc12. The smallest absolute Gasteiger partial charge is 0.269 e. The van der Waals surface area contributed by atoms with Gasteiger partial charge >= 0.3 is 0 Å². The predicted octanol–water partition coefficient (Wildman–Crippen LogP) is 4.51. The van der Waals surface area contributed by atoms with E-state index in [4.69, 9.17) is 0 Å². The Kier molecular flexibility index (Phi) is 5.39. The molecule has 0 unspecified atom stereocenters. The van der Waals surface area contributed by atoms with Crippen LogP contribution < -0.4 is 0 Å². The number of halogens is 2. The first-order chi connectivity index (χ1) is 11.8. The summed E-state index contributed by atoms with van der Waals surface area (Å²) in [5.74, 6) is 0. The average Bonchev–Trinajstić information content (AvgIpc) is 2.91. The molecule has 0 atom stereocenters. The van der Waals surface area contributed by atoms with E-state index in [0.717, 1.165) is 28.4 Å². The summed E-state index contributed by atoms with van der Waals surface area (Å²) in [4.78, 5) is 2.35. The molecule has 0 aliphatic rings. The molecule has 0 fully saturated rings. The van der Waals surface area contributed by atoms with Gasteiger partial charge in [0.05, 0.1) is 5.52 Å². The van der Waals surface area contributed by atoms with Gasteiger partial charge in [-0.25, -0.2) is 12.4 Å². The number of benzene rings is 2. The summed E-state index contributed by atoms with van der Waals surface area (Å²) >= 11 is 6.84. The maximum atomic E-state index is 13.2. The van der Waals surface area contributed by atoms with Crippen LogP contribution in [0, 0.1) is 0 Å². The standard InChI is InChI=1S/C18H18Br2N2O2S/c1-21(2)10-9-13-12-22(17-8-7-14(19)11-15(13)17)25(23,24)18-6-4-3-5-16(18)20/h3-8,11-12H,9-10H2,1-2H3. The molecule has 0 amide bonds. The Morgan fingerprint density at radius 3 is 2.48 bits per heavy atom. The summed E-state index contributed by atoms with van der Waals surface area (Å²) in [6.45, 7) is 0.848. The van der Waals surface area contributed by atoms with Crippen LogP contribution in [0.25, 0.3) is 10.9 Å². The largest absolute Gasteiger partial charge is 0.309 e. The molecule has 4 nitrogen and oxygen atoms in total. The fourth-order valence-corrected chi connectivity index (χ4v) is 5.46. The second-order valence-corrected chi connectivity index (χ2v) is 9.65. The molecule has 0 saturated carbocycles. The van der Waals surface area contributed by atoms with Crippen LogP contribution in [-0.4, -0.2) is 37.9 Å². The van der Waals surface area contributed by atoms with E-state index in [-0.39, 0.29) is 4.90 Å². The number of hydrogen-bond acceptors (Lipinski definition) is 3. The van der Waals surface area contributed by atoms with Crippen LogP contribution in [0.1, 0.15) is 5.56 Å². The first kappa shape index (κ1) is 18.6. The summed E-state index contributed by atoms with van der Waals surface area (Å²) in [6, 6.07) is 12.6. The number of likely N-dealkylation sites (N-methyl/N-ethyl adjacent to an activating group) is 1. The van der Waals surface area contributed by atoms with Gasteiger partial charge in [-0.15, -0.1) is 0 Å². The molecule has 3 rings (SSSR count). The summed E-state index contributed by atoms with van der Waals surface area (Å²) in [6.07, 6.45) is 2.52. The van der Waals surface area contributed by atoms with Gasteiger partial charge in [0.25, 0.3) is 10.0 Å². The molecule has 132 valence electrons. The molecular weight excluding hydrogens is 468 g/mol. The minimum absolute atomic E-state index is 0.258. The zero-order valence-corrected chi connectivity index (χ0v) is 17.9. The highest BCUT2D eigenvalue weighted by Crippen LogP contribution is 2.31. The minimum Gasteiger partial charge on any atom is -0.309 e. The molecule has 0 aliphatic carbocycles. The van der Waals surface area contributed by atoms with Crippen molar-refractivity contribution in [2.75, 3.05) is 20.6 Å². The monoisotopic (exact) mass is 484 g/mol. The van der Waals surface area contributed by atoms with Crippen molar-refractivity contribution in [3.8, 4) is 0 Å². The number of fused-ring (bicyclic) bond motifs is 1. The van der Waals surface area contributed by atoms with Crippen molar-refractivity contribution in [2.24, 2.45) is 0 Å². The van der Waals surface area contributed by atoms with Gasteiger partial charge in [0.15, 0.2) is 0 Å². The Labute approximate surface area is 164 Å². The van der Waals surface area contributed by atoms with Crippen LogP contribution in [0.15, 0.2) is 62.5 Å². The zero-order chi connectivity index (χ0) is 18.2. The molecule has 0 saturated heterocycles. The topological polar surface area (TPSA) is 42.3 Å². The third kappa shape index (κ3) is 3.69. The van der Waals surface area contributed by atoms with E-state index in [1.807, 2.05) is 32.3 Å². The van der Waals surface area contributed by atoms with Gasteiger partial charge in [0.2, 0.25) is 0 Å². The van der Waals surface area contributed by atoms with Crippen molar-refractivity contribution in [3.05, 3.63) is 63.2 Å². The average molecular weight is 486 g/mol. The number of rotatable bonds is 5. The van der Waals surface area contributed by atoms with Gasteiger partial charge in [0.1, 0.15) is 4.90 Å². The van der Waals surface area contributed by atoms with Gasteiger partial charge in [-0.2, -0.15) is 0 Å². The highest BCUT2D eigenvalue weighted by molar-refractivity contribution is 9.10. The first-order valence-electron chi connectivity index (χ1n) is 7.75. The highest BCUT2D eigenvalue weighted by Gasteiger charge is 2.23. The van der Waals surface area contributed by atoms with Crippen LogP contribution >= 0.6 is 31.9 Å². The summed E-state index contributed by atoms with van der Waals surface area (Å²) in [5, 5.41) is 0.951. The quantitative estimate of drug-likeness (QED) is 0.534. The highest BCUT2D eigenvalue weighted by atomic mass is 79.9. The van der Waals surface area contributed by atoms with Gasteiger partial charge in [0, 0.05) is 27.1 Å². The van der Waals surface area contributed by atoms with E-state index in [1.54, 1.807) is 30.5 Å². The van der Waals surface area contributed by atoms with Crippen molar-refractivity contribution in [1.29, 1.82) is 0 Å². The van der Waals surface area contributed by atoms with E-state index in [1.165, 1.54) is 3.97 Å². The number of aromatic nitrogens is 1. The molecule has 1 heterocycles. The molecule has 7 heteroatoms. The third-order valence-corrected chi connectivity index (χ3v) is 7.20. The van der Waals surface area contributed by atoms with Gasteiger partial charge in [-0.1, -0.05) is 28.1 Å². The molecule has 0 N–H and O–H groups in total. The van der Waals surface area contributed by atoms with Crippen LogP contribution in [-0.2, 0) is 16.4 Å². The van der Waals surface area contributed by atoms with E-state index < -0.39 is 10.0 Å². The molecule has 25 heavy (non-hydrogen) atoms. The van der Waals surface area contributed by atoms with E-state index in [9.17, 15) is 8.42 Å². The van der Waals surface area contributed by atoms with Gasteiger partial charge in [-0.3, -0.25) is 0 Å².